The molecule has 1 aromatic carbocycles. The number of ketones is 1. The number of ether oxygens (including phenoxy) is 1. The lowest BCUT2D eigenvalue weighted by Gasteiger charge is -2.28. The van der Waals surface area contributed by atoms with Crippen LogP contribution in [0.2, 0.25) is 5.02 Å². The van der Waals surface area contributed by atoms with Gasteiger partial charge in [-0.1, -0.05) is 23.7 Å². The van der Waals surface area contributed by atoms with Crippen LogP contribution < -0.4 is 0 Å². The Hall–Kier alpha value is -0.900. The highest BCUT2D eigenvalue weighted by atomic mass is 35.5. The average molecular weight is 268 g/mol. The van der Waals surface area contributed by atoms with Crippen LogP contribution in [-0.2, 0) is 4.74 Å². The maximum Gasteiger partial charge on any atom is 0.179 e. The van der Waals surface area contributed by atoms with Crippen molar-refractivity contribution in [3.8, 4) is 0 Å². The van der Waals surface area contributed by atoms with Crippen molar-refractivity contribution >= 4 is 17.4 Å². The van der Waals surface area contributed by atoms with Crippen LogP contribution in [0.1, 0.15) is 23.7 Å². The number of rotatable bonds is 4. The summed E-state index contributed by atoms with van der Waals surface area (Å²) in [5.74, 6) is 0.104. The molecule has 2 unspecified atom stereocenters. The maximum atomic E-state index is 12.4. The van der Waals surface area contributed by atoms with Crippen LogP contribution in [-0.4, -0.2) is 43.0 Å². The van der Waals surface area contributed by atoms with Gasteiger partial charge in [0.15, 0.2) is 5.78 Å². The molecule has 0 spiro atoms. The fraction of sp³-hybridized carbons (Fsp3) is 0.500. The number of carbonyl (C=O) groups is 1. The molecule has 1 aliphatic heterocycles. The Balaban J connectivity index is 2.08. The zero-order valence-electron chi connectivity index (χ0n) is 10.7. The normalized spacial score (nSPS) is 21.2. The molecule has 0 bridgehead atoms. The van der Waals surface area contributed by atoms with E-state index in [4.69, 9.17) is 16.3 Å². The van der Waals surface area contributed by atoms with Gasteiger partial charge in [-0.15, -0.1) is 0 Å². The summed E-state index contributed by atoms with van der Waals surface area (Å²) >= 11 is 5.91. The van der Waals surface area contributed by atoms with Crippen molar-refractivity contribution in [1.82, 2.24) is 4.90 Å². The monoisotopic (exact) mass is 267 g/mol. The Morgan fingerprint density at radius 1 is 1.56 bits per heavy atom. The van der Waals surface area contributed by atoms with Crippen LogP contribution >= 0.6 is 11.6 Å². The third-order valence-corrected chi connectivity index (χ3v) is 3.82. The van der Waals surface area contributed by atoms with E-state index in [-0.39, 0.29) is 11.8 Å². The minimum Gasteiger partial charge on any atom is -0.380 e. The fourth-order valence-electron chi connectivity index (χ4n) is 2.23. The van der Waals surface area contributed by atoms with Gasteiger partial charge >= 0.3 is 0 Å². The Labute approximate surface area is 113 Å². The van der Waals surface area contributed by atoms with Gasteiger partial charge in [0, 0.05) is 23.2 Å². The summed E-state index contributed by atoms with van der Waals surface area (Å²) in [5, 5.41) is 0.597. The van der Waals surface area contributed by atoms with Gasteiger partial charge in [-0.3, -0.25) is 9.69 Å². The van der Waals surface area contributed by atoms with E-state index in [0.717, 1.165) is 13.0 Å². The van der Waals surface area contributed by atoms with Gasteiger partial charge in [0.2, 0.25) is 0 Å². The van der Waals surface area contributed by atoms with Crippen molar-refractivity contribution < 1.29 is 9.53 Å². The molecule has 0 aliphatic carbocycles. The van der Waals surface area contributed by atoms with Crippen LogP contribution in [0.15, 0.2) is 24.3 Å². The molecule has 2 rings (SSSR count). The van der Waals surface area contributed by atoms with Crippen LogP contribution in [0, 0.1) is 0 Å². The molecule has 0 amide bonds. The highest BCUT2D eigenvalue weighted by molar-refractivity contribution is 6.31. The van der Waals surface area contributed by atoms with Crippen LogP contribution in [0.3, 0.4) is 0 Å². The molecule has 18 heavy (non-hydrogen) atoms. The molecule has 0 saturated carbocycles. The summed E-state index contributed by atoms with van der Waals surface area (Å²) in [5.41, 5.74) is 0.667. The Bertz CT molecular complexity index is 430. The predicted octanol–water partition coefficient (Wildman–Crippen LogP) is 2.63. The lowest BCUT2D eigenvalue weighted by molar-refractivity contribution is 0.0795. The number of likely N-dealkylation sites (N-methyl/N-ethyl adjacent to an activating group) is 1. The van der Waals surface area contributed by atoms with E-state index < -0.39 is 0 Å². The van der Waals surface area contributed by atoms with E-state index in [1.54, 1.807) is 18.2 Å². The molecule has 0 aromatic heterocycles. The first-order valence-corrected chi connectivity index (χ1v) is 6.57. The summed E-state index contributed by atoms with van der Waals surface area (Å²) in [6.07, 6.45) is 0.990. The molecule has 0 radical (unpaired) electrons. The van der Waals surface area contributed by atoms with Crippen molar-refractivity contribution in [2.75, 3.05) is 20.3 Å². The first-order valence-electron chi connectivity index (χ1n) is 6.19. The van der Waals surface area contributed by atoms with Crippen LogP contribution in [0.25, 0.3) is 0 Å². The number of benzene rings is 1. The molecule has 1 saturated heterocycles. The highest BCUT2D eigenvalue weighted by Gasteiger charge is 2.28. The Morgan fingerprint density at radius 3 is 2.94 bits per heavy atom. The second-order valence-electron chi connectivity index (χ2n) is 4.73. The van der Waals surface area contributed by atoms with Crippen molar-refractivity contribution in [2.24, 2.45) is 0 Å². The summed E-state index contributed by atoms with van der Waals surface area (Å²) in [4.78, 5) is 14.4. The summed E-state index contributed by atoms with van der Waals surface area (Å²) in [6, 6.07) is 7.29. The number of halogens is 1. The standard InChI is InChI=1S/C14H18ClNO2/c1-10(16(2)13-6-7-18-9-13)14(17)11-4-3-5-12(15)8-11/h3-5,8,10,13H,6-7,9H2,1-2H3. The number of Topliss-reactive ketones (excluding diaryl/α,β-unsaturated/α-hetero) is 1. The number of hydrogen-bond donors (Lipinski definition) is 0. The van der Waals surface area contributed by atoms with Gasteiger partial charge in [-0.25, -0.2) is 0 Å². The summed E-state index contributed by atoms with van der Waals surface area (Å²) in [7, 11) is 1.98. The molecule has 3 nitrogen and oxygen atoms in total. The van der Waals surface area contributed by atoms with E-state index in [9.17, 15) is 4.79 Å². The molecule has 1 aliphatic rings. The van der Waals surface area contributed by atoms with Gasteiger partial charge < -0.3 is 4.74 Å². The molecule has 1 heterocycles. The second-order valence-corrected chi connectivity index (χ2v) is 5.17. The third kappa shape index (κ3) is 2.91. The topological polar surface area (TPSA) is 29.5 Å². The van der Waals surface area contributed by atoms with E-state index in [0.29, 0.717) is 23.2 Å². The van der Waals surface area contributed by atoms with E-state index in [1.807, 2.05) is 20.0 Å². The van der Waals surface area contributed by atoms with Crippen LogP contribution in [0.5, 0.6) is 0 Å². The van der Waals surface area contributed by atoms with Gasteiger partial charge in [0.25, 0.3) is 0 Å². The number of carbonyl (C=O) groups excluding carboxylic acids is 1. The van der Waals surface area contributed by atoms with Gasteiger partial charge in [-0.2, -0.15) is 0 Å². The zero-order chi connectivity index (χ0) is 13.1. The maximum absolute atomic E-state index is 12.4. The number of hydrogen-bond acceptors (Lipinski definition) is 3. The molecule has 1 aromatic rings. The lowest BCUT2D eigenvalue weighted by atomic mass is 10.0. The molecular weight excluding hydrogens is 250 g/mol. The van der Waals surface area contributed by atoms with Crippen molar-refractivity contribution in [3.05, 3.63) is 34.9 Å². The van der Waals surface area contributed by atoms with Gasteiger partial charge in [-0.05, 0) is 32.5 Å². The van der Waals surface area contributed by atoms with Crippen molar-refractivity contribution in [2.45, 2.75) is 25.4 Å². The van der Waals surface area contributed by atoms with Crippen molar-refractivity contribution in [1.29, 1.82) is 0 Å². The SMILES string of the molecule is CC(C(=O)c1cccc(Cl)c1)N(C)C1CCOC1. The zero-order valence-corrected chi connectivity index (χ0v) is 11.5. The largest absolute Gasteiger partial charge is 0.380 e. The van der Waals surface area contributed by atoms with Gasteiger partial charge in [0.1, 0.15) is 0 Å². The lowest BCUT2D eigenvalue weighted by Crippen LogP contribution is -2.43. The number of nitrogens with zero attached hydrogens (tertiary/aromatic N) is 1. The smallest absolute Gasteiger partial charge is 0.179 e. The van der Waals surface area contributed by atoms with E-state index in [2.05, 4.69) is 4.90 Å². The highest BCUT2D eigenvalue weighted by Crippen LogP contribution is 2.18. The Kier molecular flexibility index (Phi) is 4.38. The second kappa shape index (κ2) is 5.83. The predicted molar refractivity (Wildman–Crippen MR) is 72.2 cm³/mol. The summed E-state index contributed by atoms with van der Waals surface area (Å²) in [6.45, 7) is 3.43. The average Bonchev–Trinajstić information content (AvgIpc) is 2.90. The Morgan fingerprint density at radius 2 is 2.33 bits per heavy atom. The van der Waals surface area contributed by atoms with E-state index in [1.165, 1.54) is 0 Å². The van der Waals surface area contributed by atoms with Crippen LogP contribution in [0.4, 0.5) is 0 Å². The molecule has 4 heteroatoms. The fourth-order valence-corrected chi connectivity index (χ4v) is 2.42. The molecule has 0 N–H and O–H groups in total. The quantitative estimate of drug-likeness (QED) is 0.786. The summed E-state index contributed by atoms with van der Waals surface area (Å²) < 4.78 is 5.36. The first-order chi connectivity index (χ1) is 8.59. The third-order valence-electron chi connectivity index (χ3n) is 3.58. The minimum absolute atomic E-state index is 0.104. The molecular formula is C14H18ClNO2. The van der Waals surface area contributed by atoms with Crippen molar-refractivity contribution in [3.63, 3.8) is 0 Å². The molecule has 1 fully saturated rings. The first kappa shape index (κ1) is 13.5. The minimum atomic E-state index is -0.157. The molecule has 98 valence electrons. The van der Waals surface area contributed by atoms with Gasteiger partial charge in [0.05, 0.1) is 12.6 Å². The van der Waals surface area contributed by atoms with E-state index >= 15 is 0 Å². The molecule has 2 atom stereocenters.